The lowest BCUT2D eigenvalue weighted by Gasteiger charge is -2.47. The highest BCUT2D eigenvalue weighted by Crippen LogP contribution is 2.58. The number of hydrogen-bond donors (Lipinski definition) is 3. The second-order valence-electron chi connectivity index (χ2n) is 19.5. The van der Waals surface area contributed by atoms with E-state index in [1.54, 1.807) is 17.0 Å². The van der Waals surface area contributed by atoms with Crippen LogP contribution in [0.4, 0.5) is 29.9 Å². The van der Waals surface area contributed by atoms with Gasteiger partial charge < -0.3 is 10.2 Å². The quantitative estimate of drug-likeness (QED) is 0.0818. The Morgan fingerprint density at radius 1 is 1.00 bits per heavy atom. The monoisotopic (exact) mass is 945 g/mol. The second kappa shape index (κ2) is 22.0. The van der Waals surface area contributed by atoms with Crippen molar-refractivity contribution in [2.24, 2.45) is 29.5 Å². The summed E-state index contributed by atoms with van der Waals surface area (Å²) >= 11 is 1.87. The maximum Gasteiger partial charge on any atom is 0.324 e. The number of alkyl halides is 2. The smallest absolute Gasteiger partial charge is 0.324 e. The molecule has 368 valence electrons. The van der Waals surface area contributed by atoms with E-state index in [0.29, 0.717) is 68.3 Å². The lowest BCUT2D eigenvalue weighted by molar-refractivity contribution is -0.188. The first-order chi connectivity index (χ1) is 31.8. The van der Waals surface area contributed by atoms with Crippen LogP contribution >= 0.6 is 11.9 Å². The van der Waals surface area contributed by atoms with Crippen LogP contribution in [0.3, 0.4) is 0 Å². The van der Waals surface area contributed by atoms with Crippen LogP contribution < -0.4 is 21.4 Å². The van der Waals surface area contributed by atoms with Crippen LogP contribution in [0.15, 0.2) is 30.5 Å². The Bertz CT molecular complexity index is 1900. The Morgan fingerprint density at radius 2 is 1.76 bits per heavy atom. The molecule has 1 aromatic heterocycles. The molecule has 4 amide bonds. The molecule has 4 aliphatic heterocycles. The van der Waals surface area contributed by atoms with Crippen molar-refractivity contribution in [3.05, 3.63) is 36.1 Å². The third-order valence-corrected chi connectivity index (χ3v) is 16.7. The molecule has 3 saturated heterocycles. The van der Waals surface area contributed by atoms with E-state index in [-0.39, 0.29) is 60.8 Å². The number of rotatable bonds is 12. The van der Waals surface area contributed by atoms with Gasteiger partial charge in [-0.15, -0.1) is 0 Å². The number of fused-ring (bicyclic) bond motifs is 2. The third-order valence-electron chi connectivity index (χ3n) is 15.4. The van der Waals surface area contributed by atoms with Crippen LogP contribution in [0, 0.1) is 23.7 Å². The van der Waals surface area contributed by atoms with E-state index in [1.165, 1.54) is 0 Å². The normalized spacial score (nSPS) is 32.6. The van der Waals surface area contributed by atoms with E-state index < -0.39 is 29.4 Å². The van der Waals surface area contributed by atoms with Crippen molar-refractivity contribution in [2.75, 3.05) is 56.5 Å². The predicted octanol–water partition coefficient (Wildman–Crippen LogP) is 7.63. The van der Waals surface area contributed by atoms with Crippen molar-refractivity contribution in [2.45, 2.75) is 165 Å². The Labute approximate surface area is 394 Å². The number of nitrogens with zero attached hydrogens (tertiary/aromatic N) is 7. The molecule has 5 heterocycles. The summed E-state index contributed by atoms with van der Waals surface area (Å²) in [4.78, 5) is 57.3. The average Bonchev–Trinajstić information content (AvgIpc) is 4.09. The number of halogens is 3. The van der Waals surface area contributed by atoms with Gasteiger partial charge in [-0.05, 0) is 107 Å². The van der Waals surface area contributed by atoms with Crippen LogP contribution in [0.2, 0.25) is 0 Å². The molecule has 8 aliphatic rings. The zero-order valence-electron chi connectivity index (χ0n) is 40.0. The van der Waals surface area contributed by atoms with Crippen LogP contribution in [-0.4, -0.2) is 135 Å². The summed E-state index contributed by atoms with van der Waals surface area (Å²) in [7, 11) is 1.76. The summed E-state index contributed by atoms with van der Waals surface area (Å²) in [6.07, 6.45) is 18.9. The summed E-state index contributed by atoms with van der Waals surface area (Å²) in [6.45, 7) is 13.1. The lowest BCUT2D eigenvalue weighted by Crippen LogP contribution is -2.59. The number of piperidine rings is 2. The molecule has 5 fully saturated rings. The number of nitrogens with two attached hydrogens (primary N) is 1. The Morgan fingerprint density at radius 3 is 2.44 bits per heavy atom. The molecule has 18 heteroatoms. The zero-order valence-corrected chi connectivity index (χ0v) is 40.8. The highest BCUT2D eigenvalue weighted by Gasteiger charge is 2.61. The van der Waals surface area contributed by atoms with Crippen LogP contribution in [0.5, 0.6) is 0 Å². The molecule has 4 N–H and O–H groups in total. The van der Waals surface area contributed by atoms with Crippen LogP contribution in [0.25, 0.3) is 0 Å². The molecule has 1 spiro atoms. The second-order valence-corrected chi connectivity index (χ2v) is 20.8. The third kappa shape index (κ3) is 10.9. The van der Waals surface area contributed by atoms with Gasteiger partial charge in [-0.3, -0.25) is 30.5 Å². The number of carbonyl (C=O) groups excluding carboxylic acids is 3. The molecule has 9 rings (SSSR count). The van der Waals surface area contributed by atoms with E-state index >= 15 is 8.78 Å². The molecule has 2 saturated carbocycles. The predicted molar refractivity (Wildman–Crippen MR) is 253 cm³/mol. The van der Waals surface area contributed by atoms with Gasteiger partial charge in [0.05, 0.1) is 12.0 Å². The van der Waals surface area contributed by atoms with Gasteiger partial charge in [-0.1, -0.05) is 63.9 Å². The number of aromatic nitrogens is 2. The number of hydrazine groups is 1. The fourth-order valence-corrected chi connectivity index (χ4v) is 13.1. The standard InChI is InChI=1S/C44H63F3N10O4S.2C2H6/c1-27(56-20-14-38(58)51-42(56)60)34-10-9-29(22-37(34)53(2)48)35-13-17-54(26-44(35,45)46)25-28-5-3-8-33(21-28)62-55-18-11-30(12-19-55)50-41-49-24-36-39(52-41)57(40(59)43(36)15-16-43)31-6-4-7-32(23-31)61-47;2*1-2/h3,8-10,24,27-35,37H,4-7,11-23,25-26,48H2,1-2H3,(H,49,50,52)(H,51,58,60);2*1-2H3/t27-,28?,29?,31?,32-,33?,34?,35?,37?;;/m1../s1. The van der Waals surface area contributed by atoms with Crippen molar-refractivity contribution in [1.82, 2.24) is 34.4 Å². The number of imide groups is 1. The number of likely N-dealkylation sites (tertiary alicyclic amines) is 1. The number of allylic oxidation sites excluding steroid dienone is 2. The molecule has 7 unspecified atom stereocenters. The van der Waals surface area contributed by atoms with E-state index in [0.717, 1.165) is 70.0 Å². The van der Waals surface area contributed by atoms with Crippen molar-refractivity contribution >= 4 is 41.6 Å². The van der Waals surface area contributed by atoms with Crippen LogP contribution in [-0.2, 0) is 19.9 Å². The van der Waals surface area contributed by atoms with Gasteiger partial charge in [0, 0.05) is 92.7 Å². The lowest BCUT2D eigenvalue weighted by atomic mass is 9.71. The molecule has 0 bridgehead atoms. The first-order valence-electron chi connectivity index (χ1n) is 25.0. The van der Waals surface area contributed by atoms with Crippen molar-refractivity contribution in [3.8, 4) is 0 Å². The first-order valence-corrected chi connectivity index (χ1v) is 25.9. The largest absolute Gasteiger partial charge is 0.351 e. The number of nitrogens with one attached hydrogen (secondary N) is 2. The summed E-state index contributed by atoms with van der Waals surface area (Å²) in [5.74, 6) is 3.51. The van der Waals surface area contributed by atoms with Gasteiger partial charge in [0.1, 0.15) is 11.9 Å². The van der Waals surface area contributed by atoms with Gasteiger partial charge in [0.25, 0.3) is 5.92 Å². The fraction of sp³-hybridized carbons (Fsp3) is 0.771. The van der Waals surface area contributed by atoms with Crippen molar-refractivity contribution in [3.63, 3.8) is 0 Å². The van der Waals surface area contributed by atoms with Gasteiger partial charge in [0.15, 0.2) is 0 Å². The fourth-order valence-electron chi connectivity index (χ4n) is 11.8. The van der Waals surface area contributed by atoms with Gasteiger partial charge in [0.2, 0.25) is 17.8 Å². The topological polar surface area (TPSA) is 152 Å². The zero-order chi connectivity index (χ0) is 47.3. The summed E-state index contributed by atoms with van der Waals surface area (Å²) in [5, 5.41) is 7.84. The van der Waals surface area contributed by atoms with Gasteiger partial charge in [-0.25, -0.2) is 27.9 Å². The molecule has 4 aliphatic carbocycles. The van der Waals surface area contributed by atoms with E-state index in [4.69, 9.17) is 10.8 Å². The number of hydrogen-bond acceptors (Lipinski definition) is 12. The molecule has 14 nitrogen and oxygen atoms in total. The van der Waals surface area contributed by atoms with E-state index in [9.17, 15) is 18.9 Å². The van der Waals surface area contributed by atoms with E-state index in [1.807, 2.05) is 74.7 Å². The Hall–Kier alpha value is -3.29. The molecular weight excluding hydrogens is 870 g/mol. The molecule has 66 heavy (non-hydrogen) atoms. The maximum absolute atomic E-state index is 16.1. The Kier molecular flexibility index (Phi) is 16.9. The Balaban J connectivity index is 0.00000158. The SMILES string of the molecule is CC.CC.C[C@H](C1C=CC(C2CCN(CC3CC=CC(SN4CCC(Nc5ncc6c(n5)N(C5CCC[C@@H](OF)C5)C(=O)C65CC5)CC4)C3)CC2(F)F)CC1N(C)N)N1CCC(=O)NC1=O. The molecular formula is C48H75F3N10O4S. The average molecular weight is 945 g/mol. The van der Waals surface area contributed by atoms with Gasteiger partial charge >= 0.3 is 6.03 Å². The highest BCUT2D eigenvalue weighted by molar-refractivity contribution is 7.97. The molecule has 0 radical (unpaired) electrons. The van der Waals surface area contributed by atoms with E-state index in [2.05, 4.69) is 37.0 Å². The van der Waals surface area contributed by atoms with Crippen molar-refractivity contribution in [1.29, 1.82) is 0 Å². The van der Waals surface area contributed by atoms with Gasteiger partial charge in [-0.2, -0.15) is 9.93 Å². The summed E-state index contributed by atoms with van der Waals surface area (Å²) in [5.41, 5.74) is 0.389. The van der Waals surface area contributed by atoms with Crippen LogP contribution in [0.1, 0.15) is 124 Å². The minimum atomic E-state index is -2.85. The first kappa shape index (κ1) is 50.6. The maximum atomic E-state index is 16.1. The minimum Gasteiger partial charge on any atom is -0.351 e. The molecule has 0 aromatic carbocycles. The minimum absolute atomic E-state index is 0.0756. The molecule has 9 atom stereocenters. The number of anilines is 2. The van der Waals surface area contributed by atoms with Crippen molar-refractivity contribution < 1.29 is 32.6 Å². The summed E-state index contributed by atoms with van der Waals surface area (Å²) in [6, 6.07) is -0.825. The number of amides is 4. The molecule has 1 aromatic rings. The number of urea groups is 1. The number of carbonyl (C=O) groups is 3. The highest BCUT2D eigenvalue weighted by atomic mass is 32.2. The summed E-state index contributed by atoms with van der Waals surface area (Å²) < 4.78 is 47.8.